The van der Waals surface area contributed by atoms with Crippen molar-refractivity contribution < 1.29 is 0 Å². The molecule has 0 aromatic heterocycles. The van der Waals surface area contributed by atoms with Crippen LogP contribution in [0.25, 0.3) is 0 Å². The molecule has 0 bridgehead atoms. The first-order valence-corrected chi connectivity index (χ1v) is 12.5. The van der Waals surface area contributed by atoms with Crippen molar-refractivity contribution in [2.45, 2.75) is 80.6 Å². The molecule has 0 aliphatic rings. The van der Waals surface area contributed by atoms with Crippen LogP contribution in [0.1, 0.15) is 79.2 Å². The van der Waals surface area contributed by atoms with Gasteiger partial charge >= 0.3 is 0 Å². The molecule has 0 saturated heterocycles. The highest BCUT2D eigenvalue weighted by molar-refractivity contribution is 5.85. The van der Waals surface area contributed by atoms with Crippen molar-refractivity contribution in [3.8, 4) is 0 Å². The average molecular weight is 459 g/mol. The maximum Gasteiger partial charge on any atom is 0.103 e. The number of amidine groups is 1. The second kappa shape index (κ2) is 15.1. The molecule has 1 aromatic rings. The summed E-state index contributed by atoms with van der Waals surface area (Å²) in [4.78, 5) is 4.73. The highest BCUT2D eigenvalue weighted by Gasteiger charge is 2.08. The van der Waals surface area contributed by atoms with E-state index in [4.69, 9.17) is 4.99 Å². The monoisotopic (exact) mass is 458 g/mol. The molecule has 1 N–H and O–H groups in total. The van der Waals surface area contributed by atoms with E-state index in [0.29, 0.717) is 0 Å². The Bertz CT molecular complexity index is 978. The summed E-state index contributed by atoms with van der Waals surface area (Å²) < 4.78 is 0. The standard InChI is InChI=1S/C32H46N2/c1-11-24(5)17-13-14-18-25(6)31(12-2)27(8)22-30(21-23(3)4)28(9)33-29(10)34-32-20-16-15-19-26(32)7/h12,15-16,19-22,24H,2,8-9,11,13-14,17-18H2,1,3-7,10H3,(H,33,34)/b30-22+,31-25-. The van der Waals surface area contributed by atoms with Crippen LogP contribution in [0.3, 0.4) is 0 Å². The van der Waals surface area contributed by atoms with Gasteiger partial charge in [-0.15, -0.1) is 0 Å². The van der Waals surface area contributed by atoms with Gasteiger partial charge in [-0.25, -0.2) is 4.99 Å². The molecule has 34 heavy (non-hydrogen) atoms. The maximum absolute atomic E-state index is 4.73. The van der Waals surface area contributed by atoms with Gasteiger partial charge in [-0.05, 0) is 87.8 Å². The van der Waals surface area contributed by atoms with Crippen LogP contribution in [0.15, 0.2) is 101 Å². The third-order valence-electron chi connectivity index (χ3n) is 6.06. The minimum absolute atomic E-state index is 0.798. The smallest absolute Gasteiger partial charge is 0.103 e. The van der Waals surface area contributed by atoms with E-state index in [1.54, 1.807) is 0 Å². The summed E-state index contributed by atoms with van der Waals surface area (Å²) in [6, 6.07) is 8.11. The van der Waals surface area contributed by atoms with E-state index in [2.05, 4.69) is 84.8 Å². The second-order valence-corrected chi connectivity index (χ2v) is 9.59. The van der Waals surface area contributed by atoms with Gasteiger partial charge < -0.3 is 5.32 Å². The van der Waals surface area contributed by atoms with Crippen LogP contribution >= 0.6 is 0 Å². The summed E-state index contributed by atoms with van der Waals surface area (Å²) in [5.41, 5.74) is 8.51. The van der Waals surface area contributed by atoms with Crippen molar-refractivity contribution in [2.75, 3.05) is 0 Å². The third kappa shape index (κ3) is 10.4. The lowest BCUT2D eigenvalue weighted by atomic mass is 9.94. The molecule has 0 radical (unpaired) electrons. The van der Waals surface area contributed by atoms with E-state index in [1.807, 2.05) is 31.2 Å². The highest BCUT2D eigenvalue weighted by atomic mass is 15.0. The van der Waals surface area contributed by atoms with Gasteiger partial charge in [-0.3, -0.25) is 0 Å². The molecule has 0 amide bonds. The predicted octanol–water partition coefficient (Wildman–Crippen LogP) is 9.71. The van der Waals surface area contributed by atoms with E-state index in [1.165, 1.54) is 36.8 Å². The molecule has 2 nitrogen and oxygen atoms in total. The molecule has 1 rings (SSSR count). The largest absolute Gasteiger partial charge is 0.344 e. The molecule has 0 saturated carbocycles. The van der Waals surface area contributed by atoms with Gasteiger partial charge in [-0.1, -0.05) is 94.3 Å². The van der Waals surface area contributed by atoms with E-state index in [-0.39, 0.29) is 0 Å². The number of aliphatic imine (C=N–C) groups is 1. The van der Waals surface area contributed by atoms with Crippen molar-refractivity contribution in [2.24, 2.45) is 10.9 Å². The number of unbranched alkanes of at least 4 members (excludes halogenated alkanes) is 1. The molecule has 0 fully saturated rings. The lowest BCUT2D eigenvalue weighted by Crippen LogP contribution is -2.20. The molecule has 1 atom stereocenters. The van der Waals surface area contributed by atoms with Crippen LogP contribution in [0.2, 0.25) is 0 Å². The second-order valence-electron chi connectivity index (χ2n) is 9.59. The van der Waals surface area contributed by atoms with Crippen LogP contribution in [0.4, 0.5) is 5.69 Å². The van der Waals surface area contributed by atoms with Gasteiger partial charge in [0.15, 0.2) is 0 Å². The highest BCUT2D eigenvalue weighted by Crippen LogP contribution is 2.24. The zero-order chi connectivity index (χ0) is 25.7. The Morgan fingerprint density at radius 2 is 1.74 bits per heavy atom. The predicted molar refractivity (Wildman–Crippen MR) is 154 cm³/mol. The summed E-state index contributed by atoms with van der Waals surface area (Å²) >= 11 is 0. The number of nitrogens with zero attached hydrogens (tertiary/aromatic N) is 1. The Kier molecular flexibility index (Phi) is 13.0. The van der Waals surface area contributed by atoms with Gasteiger partial charge in [0.25, 0.3) is 0 Å². The molecule has 0 spiro atoms. The minimum atomic E-state index is 0.798. The molecule has 2 heteroatoms. The number of allylic oxidation sites excluding steroid dienone is 7. The van der Waals surface area contributed by atoms with Crippen LogP contribution in [0, 0.1) is 12.8 Å². The van der Waals surface area contributed by atoms with Crippen LogP contribution in [0.5, 0.6) is 0 Å². The van der Waals surface area contributed by atoms with Gasteiger partial charge in [0, 0.05) is 5.70 Å². The van der Waals surface area contributed by atoms with E-state index in [0.717, 1.165) is 51.8 Å². The Labute approximate surface area is 209 Å². The van der Waals surface area contributed by atoms with Crippen molar-refractivity contribution in [3.05, 3.63) is 101 Å². The number of benzene rings is 1. The Balaban J connectivity index is 3.05. The topological polar surface area (TPSA) is 24.4 Å². The Morgan fingerprint density at radius 3 is 2.32 bits per heavy atom. The number of hydrogen-bond donors (Lipinski definition) is 1. The first-order valence-electron chi connectivity index (χ1n) is 12.5. The fourth-order valence-corrected chi connectivity index (χ4v) is 3.78. The lowest BCUT2D eigenvalue weighted by molar-refractivity contribution is 0.484. The number of para-hydroxylation sites is 1. The zero-order valence-electron chi connectivity index (χ0n) is 22.7. The minimum Gasteiger partial charge on any atom is -0.344 e. The molecule has 184 valence electrons. The van der Waals surface area contributed by atoms with Gasteiger partial charge in [-0.2, -0.15) is 0 Å². The molecule has 0 aliphatic heterocycles. The summed E-state index contributed by atoms with van der Waals surface area (Å²) in [6.07, 6.45) is 12.3. The number of hydrogen-bond acceptors (Lipinski definition) is 1. The Morgan fingerprint density at radius 1 is 1.06 bits per heavy atom. The lowest BCUT2D eigenvalue weighted by Gasteiger charge is -2.14. The zero-order valence-corrected chi connectivity index (χ0v) is 22.7. The van der Waals surface area contributed by atoms with Crippen molar-refractivity contribution in [3.63, 3.8) is 0 Å². The van der Waals surface area contributed by atoms with Crippen LogP contribution in [-0.2, 0) is 0 Å². The van der Waals surface area contributed by atoms with Crippen molar-refractivity contribution in [1.82, 2.24) is 5.32 Å². The van der Waals surface area contributed by atoms with E-state index in [9.17, 15) is 0 Å². The Hall–Kier alpha value is -2.87. The van der Waals surface area contributed by atoms with Gasteiger partial charge in [0.1, 0.15) is 5.84 Å². The summed E-state index contributed by atoms with van der Waals surface area (Å²) in [5.74, 6) is 1.61. The summed E-state index contributed by atoms with van der Waals surface area (Å²) in [5, 5.41) is 3.37. The molecular formula is C32H46N2. The van der Waals surface area contributed by atoms with Gasteiger partial charge in [0.2, 0.25) is 0 Å². The van der Waals surface area contributed by atoms with Crippen molar-refractivity contribution in [1.29, 1.82) is 0 Å². The molecule has 1 aromatic carbocycles. The molecule has 0 aliphatic carbocycles. The van der Waals surface area contributed by atoms with E-state index >= 15 is 0 Å². The molecule has 0 heterocycles. The van der Waals surface area contributed by atoms with Crippen LogP contribution in [-0.4, -0.2) is 5.84 Å². The summed E-state index contributed by atoms with van der Waals surface area (Å²) in [7, 11) is 0. The number of rotatable bonds is 13. The quantitative estimate of drug-likeness (QED) is 0.135. The SMILES string of the molecule is C=C/C(C(=C)/C=C(\C=C(C)C)C(=C)NC(C)=Nc1ccccc1C)=C(\C)CCCCC(C)CC. The van der Waals surface area contributed by atoms with Crippen LogP contribution < -0.4 is 5.32 Å². The number of aryl methyl sites for hydroxylation is 1. The average Bonchev–Trinajstić information content (AvgIpc) is 2.77. The maximum atomic E-state index is 4.73. The fourth-order valence-electron chi connectivity index (χ4n) is 3.78. The first kappa shape index (κ1) is 29.2. The first-order chi connectivity index (χ1) is 16.1. The fraction of sp³-hybridized carbons (Fsp3) is 0.406. The molecular weight excluding hydrogens is 412 g/mol. The van der Waals surface area contributed by atoms with Crippen molar-refractivity contribution >= 4 is 11.5 Å². The summed E-state index contributed by atoms with van der Waals surface area (Å²) in [6.45, 7) is 27.7. The molecule has 1 unspecified atom stereocenters. The van der Waals surface area contributed by atoms with Gasteiger partial charge in [0.05, 0.1) is 5.69 Å². The van der Waals surface area contributed by atoms with E-state index < -0.39 is 0 Å². The third-order valence-corrected chi connectivity index (χ3v) is 6.06. The number of nitrogens with one attached hydrogen (secondary N) is 1. The normalized spacial score (nSPS) is 13.6.